The first-order chi connectivity index (χ1) is 13.2. The van der Waals surface area contributed by atoms with Crippen molar-refractivity contribution < 1.29 is 27.1 Å². The molecule has 0 atom stereocenters. The maximum Gasteiger partial charge on any atom is 0.264 e. The number of halogens is 2. The number of ether oxygens (including phenoxy) is 2. The number of benzene rings is 2. The van der Waals surface area contributed by atoms with Crippen LogP contribution >= 0.6 is 11.6 Å². The second kappa shape index (κ2) is 9.83. The van der Waals surface area contributed by atoms with E-state index in [4.69, 9.17) is 21.1 Å². The molecule has 0 saturated carbocycles. The Bertz CT molecular complexity index is 922. The van der Waals surface area contributed by atoms with Gasteiger partial charge in [0, 0.05) is 26.4 Å². The Balaban J connectivity index is 2.01. The highest BCUT2D eigenvalue weighted by atomic mass is 35.5. The zero-order valence-electron chi connectivity index (χ0n) is 15.3. The summed E-state index contributed by atoms with van der Waals surface area (Å²) in [6, 6.07) is 9.36. The van der Waals surface area contributed by atoms with E-state index < -0.39 is 15.8 Å². The molecule has 28 heavy (non-hydrogen) atoms. The van der Waals surface area contributed by atoms with Crippen LogP contribution in [0.25, 0.3) is 0 Å². The first-order valence-corrected chi connectivity index (χ1v) is 10.0. The van der Waals surface area contributed by atoms with Crippen molar-refractivity contribution in [2.24, 2.45) is 0 Å². The summed E-state index contributed by atoms with van der Waals surface area (Å²) in [5.41, 5.74) is 0.504. The molecule has 0 heterocycles. The van der Waals surface area contributed by atoms with E-state index in [0.29, 0.717) is 5.69 Å². The van der Waals surface area contributed by atoms with Gasteiger partial charge in [0.25, 0.3) is 5.91 Å². The van der Waals surface area contributed by atoms with Crippen LogP contribution in [0.2, 0.25) is 5.02 Å². The van der Waals surface area contributed by atoms with Gasteiger partial charge in [0.2, 0.25) is 10.0 Å². The van der Waals surface area contributed by atoms with Gasteiger partial charge in [-0.3, -0.25) is 4.79 Å². The fourth-order valence-electron chi connectivity index (χ4n) is 2.17. The van der Waals surface area contributed by atoms with Crippen molar-refractivity contribution in [1.82, 2.24) is 4.72 Å². The number of carbonyl (C=O) groups excluding carboxylic acids is 1. The number of anilines is 1. The molecular weight excluding hydrogens is 411 g/mol. The van der Waals surface area contributed by atoms with Gasteiger partial charge in [-0.25, -0.2) is 17.5 Å². The average Bonchev–Trinajstić information content (AvgIpc) is 2.67. The third kappa shape index (κ3) is 5.90. The topological polar surface area (TPSA) is 84.9 Å². The highest BCUT2D eigenvalue weighted by Gasteiger charge is 2.17. The lowest BCUT2D eigenvalue weighted by molar-refractivity contribution is -0.120. The molecule has 0 aromatic heterocycles. The van der Waals surface area contributed by atoms with Crippen molar-refractivity contribution in [2.45, 2.75) is 4.90 Å². The number of methoxy groups -OCH3 is 1. The van der Waals surface area contributed by atoms with Gasteiger partial charge < -0.3 is 14.4 Å². The Morgan fingerprint density at radius 3 is 2.50 bits per heavy atom. The van der Waals surface area contributed by atoms with E-state index in [9.17, 15) is 17.6 Å². The van der Waals surface area contributed by atoms with Gasteiger partial charge in [0.15, 0.2) is 6.61 Å². The molecule has 0 radical (unpaired) electrons. The Morgan fingerprint density at radius 1 is 1.21 bits per heavy atom. The van der Waals surface area contributed by atoms with E-state index in [1.165, 1.54) is 61.5 Å². The summed E-state index contributed by atoms with van der Waals surface area (Å²) in [4.78, 5) is 13.5. The zero-order valence-corrected chi connectivity index (χ0v) is 16.9. The number of nitrogens with one attached hydrogen (secondary N) is 1. The Hall–Kier alpha value is -2.20. The number of rotatable bonds is 9. The molecule has 2 aromatic carbocycles. The summed E-state index contributed by atoms with van der Waals surface area (Å²) in [6.07, 6.45) is 0. The van der Waals surface area contributed by atoms with Crippen LogP contribution in [0.1, 0.15) is 0 Å². The maximum atomic E-state index is 13.0. The van der Waals surface area contributed by atoms with E-state index in [1.54, 1.807) is 0 Å². The van der Waals surface area contributed by atoms with E-state index in [0.717, 1.165) is 0 Å². The first kappa shape index (κ1) is 22.1. The number of amides is 1. The van der Waals surface area contributed by atoms with E-state index in [1.807, 2.05) is 0 Å². The second-order valence-corrected chi connectivity index (χ2v) is 7.87. The smallest absolute Gasteiger partial charge is 0.264 e. The summed E-state index contributed by atoms with van der Waals surface area (Å²) in [6.45, 7) is 0.0303. The van der Waals surface area contributed by atoms with Crippen LogP contribution in [-0.2, 0) is 19.6 Å². The maximum absolute atomic E-state index is 13.0. The van der Waals surface area contributed by atoms with Crippen LogP contribution < -0.4 is 14.4 Å². The molecule has 0 unspecified atom stereocenters. The second-order valence-electron chi connectivity index (χ2n) is 5.70. The van der Waals surface area contributed by atoms with Gasteiger partial charge in [-0.2, -0.15) is 0 Å². The Kier molecular flexibility index (Phi) is 7.76. The molecule has 2 aromatic rings. The van der Waals surface area contributed by atoms with Crippen LogP contribution in [0, 0.1) is 5.82 Å². The molecule has 0 spiro atoms. The zero-order chi connectivity index (χ0) is 20.7. The number of nitrogens with zero attached hydrogens (tertiary/aromatic N) is 1. The van der Waals surface area contributed by atoms with Crippen LogP contribution in [0.4, 0.5) is 10.1 Å². The Morgan fingerprint density at radius 2 is 1.89 bits per heavy atom. The average molecular weight is 431 g/mol. The van der Waals surface area contributed by atoms with Crippen molar-refractivity contribution in [3.63, 3.8) is 0 Å². The first-order valence-electron chi connectivity index (χ1n) is 8.17. The van der Waals surface area contributed by atoms with E-state index in [-0.39, 0.29) is 41.3 Å². The molecule has 7 nitrogen and oxygen atoms in total. The van der Waals surface area contributed by atoms with Crippen LogP contribution in [0.15, 0.2) is 47.4 Å². The third-order valence-electron chi connectivity index (χ3n) is 3.75. The minimum Gasteiger partial charge on any atom is -0.482 e. The van der Waals surface area contributed by atoms with Gasteiger partial charge in [-0.1, -0.05) is 11.6 Å². The van der Waals surface area contributed by atoms with Gasteiger partial charge in [-0.05, 0) is 42.5 Å². The summed E-state index contributed by atoms with van der Waals surface area (Å²) in [5.74, 6) is -0.627. The monoisotopic (exact) mass is 430 g/mol. The van der Waals surface area contributed by atoms with Crippen LogP contribution in [-0.4, -0.2) is 48.2 Å². The number of carbonyl (C=O) groups is 1. The SMILES string of the molecule is COCCNS(=O)(=O)c1ccc(OCC(=O)N(C)c2ccc(F)cc2)c(Cl)c1. The van der Waals surface area contributed by atoms with Crippen molar-refractivity contribution in [3.8, 4) is 5.75 Å². The lowest BCUT2D eigenvalue weighted by Crippen LogP contribution is -2.31. The summed E-state index contributed by atoms with van der Waals surface area (Å²) in [5, 5.41) is 0.0480. The fraction of sp³-hybridized carbons (Fsp3) is 0.278. The lowest BCUT2D eigenvalue weighted by Gasteiger charge is -2.18. The molecule has 1 N–H and O–H groups in total. The van der Waals surface area contributed by atoms with Gasteiger partial charge in [-0.15, -0.1) is 0 Å². The summed E-state index contributed by atoms with van der Waals surface area (Å²) >= 11 is 6.09. The summed E-state index contributed by atoms with van der Waals surface area (Å²) in [7, 11) is -0.738. The summed E-state index contributed by atoms with van der Waals surface area (Å²) < 4.78 is 49.8. The molecule has 0 aliphatic rings. The number of hydrogen-bond donors (Lipinski definition) is 1. The molecule has 10 heteroatoms. The number of likely N-dealkylation sites (N-methyl/N-ethyl adjacent to an activating group) is 1. The van der Waals surface area contributed by atoms with E-state index in [2.05, 4.69) is 4.72 Å². The number of hydrogen-bond acceptors (Lipinski definition) is 5. The van der Waals surface area contributed by atoms with Crippen molar-refractivity contribution in [2.75, 3.05) is 38.8 Å². The molecule has 0 aliphatic heterocycles. The van der Waals surface area contributed by atoms with Gasteiger partial charge in [0.05, 0.1) is 16.5 Å². The molecule has 152 valence electrons. The van der Waals surface area contributed by atoms with Gasteiger partial charge >= 0.3 is 0 Å². The van der Waals surface area contributed by atoms with Crippen molar-refractivity contribution >= 4 is 33.2 Å². The third-order valence-corrected chi connectivity index (χ3v) is 5.51. The van der Waals surface area contributed by atoms with Crippen LogP contribution in [0.5, 0.6) is 5.75 Å². The highest BCUT2D eigenvalue weighted by molar-refractivity contribution is 7.89. The molecule has 2 rings (SSSR count). The van der Waals surface area contributed by atoms with E-state index >= 15 is 0 Å². The fourth-order valence-corrected chi connectivity index (χ4v) is 3.51. The predicted octanol–water partition coefficient (Wildman–Crippen LogP) is 2.45. The number of sulfonamides is 1. The molecular formula is C18H20ClFN2O5S. The largest absolute Gasteiger partial charge is 0.482 e. The molecule has 0 fully saturated rings. The molecule has 0 saturated heterocycles. The minimum atomic E-state index is -3.73. The normalized spacial score (nSPS) is 11.3. The van der Waals surface area contributed by atoms with Crippen LogP contribution in [0.3, 0.4) is 0 Å². The van der Waals surface area contributed by atoms with Crippen molar-refractivity contribution in [1.29, 1.82) is 0 Å². The van der Waals surface area contributed by atoms with Gasteiger partial charge in [0.1, 0.15) is 11.6 Å². The van der Waals surface area contributed by atoms with Crippen molar-refractivity contribution in [3.05, 3.63) is 53.3 Å². The highest BCUT2D eigenvalue weighted by Crippen LogP contribution is 2.27. The minimum absolute atomic E-state index is 0.0318. The molecule has 0 aliphatic carbocycles. The molecule has 1 amide bonds. The molecule has 0 bridgehead atoms. The standard InChI is InChI=1S/C18H20ClFN2O5S/c1-22(14-5-3-13(20)4-6-14)18(23)12-27-17-8-7-15(11-16(17)19)28(24,25)21-9-10-26-2/h3-8,11,21H,9-10,12H2,1-2H3. The lowest BCUT2D eigenvalue weighted by atomic mass is 10.3. The Labute approximate surface area is 168 Å². The predicted molar refractivity (Wildman–Crippen MR) is 104 cm³/mol. The quantitative estimate of drug-likeness (QED) is 0.618.